The van der Waals surface area contributed by atoms with E-state index >= 15 is 0 Å². The number of imide groups is 1. The van der Waals surface area contributed by atoms with Gasteiger partial charge in [0.1, 0.15) is 10.7 Å². The largest absolute Gasteiger partial charge is 0.350 e. The summed E-state index contributed by atoms with van der Waals surface area (Å²) in [6, 6.07) is 20.4. The van der Waals surface area contributed by atoms with Gasteiger partial charge in [-0.2, -0.15) is 0 Å². The van der Waals surface area contributed by atoms with Crippen molar-refractivity contribution in [1.82, 2.24) is 5.32 Å². The maximum absolute atomic E-state index is 13.0. The molecule has 166 valence electrons. The predicted octanol–water partition coefficient (Wildman–Crippen LogP) is 5.36. The Hall–Kier alpha value is -3.32. The molecule has 6 nitrogen and oxygen atoms in total. The minimum absolute atomic E-state index is 0.116. The van der Waals surface area contributed by atoms with Crippen LogP contribution in [0.1, 0.15) is 15.9 Å². The minimum Gasteiger partial charge on any atom is -0.350 e. The second kappa shape index (κ2) is 9.67. The van der Waals surface area contributed by atoms with Crippen LogP contribution in [-0.4, -0.2) is 17.7 Å². The second-order valence-corrected chi connectivity index (χ2v) is 8.33. The summed E-state index contributed by atoms with van der Waals surface area (Å²) in [6.07, 6.45) is 0. The molecular formula is C24H16Cl3N3O3. The van der Waals surface area contributed by atoms with Gasteiger partial charge in [-0.3, -0.25) is 14.4 Å². The average Bonchev–Trinajstić information content (AvgIpc) is 3.02. The first-order valence-corrected chi connectivity index (χ1v) is 10.9. The number of halogens is 3. The topological polar surface area (TPSA) is 78.5 Å². The fourth-order valence-corrected chi connectivity index (χ4v) is 3.96. The van der Waals surface area contributed by atoms with Gasteiger partial charge in [-0.15, -0.1) is 0 Å². The zero-order valence-corrected chi connectivity index (χ0v) is 19.2. The monoisotopic (exact) mass is 499 g/mol. The highest BCUT2D eigenvalue weighted by Crippen LogP contribution is 2.35. The summed E-state index contributed by atoms with van der Waals surface area (Å²) in [7, 11) is 0. The van der Waals surface area contributed by atoms with Crippen LogP contribution in [0.5, 0.6) is 0 Å². The number of hydrogen-bond donors (Lipinski definition) is 2. The maximum atomic E-state index is 13.0. The Bertz CT molecular complexity index is 1290. The number of amides is 3. The standard InChI is InChI=1S/C24H16Cl3N3O3/c25-16-9-10-19(18(26)12-16)30-23(32)20(27)21(24(30)33)29-17-8-4-7-15(11-17)22(31)28-13-14-5-2-1-3-6-14/h1-12,29H,13H2,(H,28,31). The molecule has 0 bridgehead atoms. The Labute approximate surface area is 204 Å². The van der Waals surface area contributed by atoms with Crippen molar-refractivity contribution in [2.45, 2.75) is 6.54 Å². The molecule has 3 aromatic rings. The van der Waals surface area contributed by atoms with Crippen LogP contribution in [0.2, 0.25) is 10.0 Å². The van der Waals surface area contributed by atoms with Gasteiger partial charge >= 0.3 is 0 Å². The highest BCUT2D eigenvalue weighted by atomic mass is 35.5. The fourth-order valence-electron chi connectivity index (χ4n) is 3.26. The Kier molecular flexibility index (Phi) is 6.70. The molecule has 2 N–H and O–H groups in total. The predicted molar refractivity (Wildman–Crippen MR) is 130 cm³/mol. The summed E-state index contributed by atoms with van der Waals surface area (Å²) in [5.41, 5.74) is 1.81. The molecule has 1 aliphatic rings. The third-order valence-corrected chi connectivity index (χ3v) is 5.76. The van der Waals surface area contributed by atoms with Gasteiger partial charge < -0.3 is 10.6 Å². The number of rotatable bonds is 6. The van der Waals surface area contributed by atoms with Crippen LogP contribution in [0.3, 0.4) is 0 Å². The molecule has 9 heteroatoms. The first-order valence-electron chi connectivity index (χ1n) is 9.78. The Balaban J connectivity index is 1.51. The molecule has 0 radical (unpaired) electrons. The summed E-state index contributed by atoms with van der Waals surface area (Å²) < 4.78 is 0. The van der Waals surface area contributed by atoms with E-state index in [1.54, 1.807) is 24.3 Å². The molecule has 0 fully saturated rings. The van der Waals surface area contributed by atoms with Gasteiger partial charge in [0.15, 0.2) is 0 Å². The van der Waals surface area contributed by atoms with Crippen LogP contribution in [0, 0.1) is 0 Å². The van der Waals surface area contributed by atoms with Crippen molar-refractivity contribution >= 4 is 63.9 Å². The lowest BCUT2D eigenvalue weighted by Gasteiger charge is -2.16. The highest BCUT2D eigenvalue weighted by molar-refractivity contribution is 6.54. The van der Waals surface area contributed by atoms with Gasteiger partial charge in [-0.1, -0.05) is 71.2 Å². The van der Waals surface area contributed by atoms with Gasteiger partial charge in [0.2, 0.25) is 0 Å². The fraction of sp³-hybridized carbons (Fsp3) is 0.0417. The second-order valence-electron chi connectivity index (χ2n) is 7.10. The van der Waals surface area contributed by atoms with E-state index in [0.717, 1.165) is 10.5 Å². The summed E-state index contributed by atoms with van der Waals surface area (Å²) in [5, 5.41) is 5.91. The van der Waals surface area contributed by atoms with Crippen molar-refractivity contribution in [3.05, 3.63) is 105 Å². The average molecular weight is 501 g/mol. The lowest BCUT2D eigenvalue weighted by molar-refractivity contribution is -0.120. The summed E-state index contributed by atoms with van der Waals surface area (Å²) in [5.74, 6) is -1.68. The van der Waals surface area contributed by atoms with Gasteiger partial charge in [0.25, 0.3) is 17.7 Å². The molecule has 33 heavy (non-hydrogen) atoms. The Morgan fingerprint density at radius 2 is 1.61 bits per heavy atom. The summed E-state index contributed by atoms with van der Waals surface area (Å²) in [4.78, 5) is 39.1. The molecule has 0 aliphatic carbocycles. The van der Waals surface area contributed by atoms with Crippen molar-refractivity contribution in [3.8, 4) is 0 Å². The van der Waals surface area contributed by atoms with Crippen molar-refractivity contribution in [2.24, 2.45) is 0 Å². The molecule has 3 aromatic carbocycles. The van der Waals surface area contributed by atoms with Gasteiger partial charge in [-0.25, -0.2) is 4.90 Å². The van der Waals surface area contributed by atoms with E-state index in [4.69, 9.17) is 34.8 Å². The van der Waals surface area contributed by atoms with Crippen LogP contribution < -0.4 is 15.5 Å². The van der Waals surface area contributed by atoms with Crippen LogP contribution in [-0.2, 0) is 16.1 Å². The lowest BCUT2D eigenvalue weighted by atomic mass is 10.1. The number of hydrogen-bond acceptors (Lipinski definition) is 4. The van der Waals surface area contributed by atoms with Crippen LogP contribution in [0.15, 0.2) is 83.5 Å². The zero-order chi connectivity index (χ0) is 23.5. The molecule has 0 spiro atoms. The van der Waals surface area contributed by atoms with E-state index in [0.29, 0.717) is 22.8 Å². The first kappa shape index (κ1) is 22.9. The quantitative estimate of drug-likeness (QED) is 0.447. The summed E-state index contributed by atoms with van der Waals surface area (Å²) >= 11 is 18.3. The number of carbonyl (C=O) groups excluding carboxylic acids is 3. The Morgan fingerprint density at radius 3 is 2.33 bits per heavy atom. The van der Waals surface area contributed by atoms with Crippen LogP contribution in [0.4, 0.5) is 11.4 Å². The van der Waals surface area contributed by atoms with Crippen molar-refractivity contribution in [2.75, 3.05) is 10.2 Å². The smallest absolute Gasteiger partial charge is 0.283 e. The lowest BCUT2D eigenvalue weighted by Crippen LogP contribution is -2.32. The van der Waals surface area contributed by atoms with E-state index in [2.05, 4.69) is 10.6 Å². The van der Waals surface area contributed by atoms with Gasteiger partial charge in [0, 0.05) is 22.8 Å². The van der Waals surface area contributed by atoms with Crippen molar-refractivity contribution in [1.29, 1.82) is 0 Å². The summed E-state index contributed by atoms with van der Waals surface area (Å²) in [6.45, 7) is 0.373. The molecular weight excluding hydrogens is 485 g/mol. The third-order valence-electron chi connectivity index (χ3n) is 4.87. The molecule has 0 saturated carbocycles. The van der Waals surface area contributed by atoms with E-state index in [1.807, 2.05) is 30.3 Å². The highest BCUT2D eigenvalue weighted by Gasteiger charge is 2.39. The number of nitrogens with one attached hydrogen (secondary N) is 2. The molecule has 4 rings (SSSR count). The molecule has 0 aromatic heterocycles. The van der Waals surface area contributed by atoms with Crippen LogP contribution in [0.25, 0.3) is 0 Å². The SMILES string of the molecule is O=C(NCc1ccccc1)c1cccc(NC2=C(Cl)C(=O)N(c3ccc(Cl)cc3Cl)C2=O)c1. The molecule has 1 aliphatic heterocycles. The zero-order valence-electron chi connectivity index (χ0n) is 16.9. The number of nitrogens with zero attached hydrogens (tertiary/aromatic N) is 1. The Morgan fingerprint density at radius 1 is 0.848 bits per heavy atom. The van der Waals surface area contributed by atoms with E-state index in [1.165, 1.54) is 18.2 Å². The van der Waals surface area contributed by atoms with Crippen molar-refractivity contribution < 1.29 is 14.4 Å². The van der Waals surface area contributed by atoms with E-state index in [9.17, 15) is 14.4 Å². The van der Waals surface area contributed by atoms with E-state index < -0.39 is 11.8 Å². The van der Waals surface area contributed by atoms with E-state index in [-0.39, 0.29) is 27.3 Å². The minimum atomic E-state index is -0.717. The third kappa shape index (κ3) is 4.88. The number of anilines is 2. The number of carbonyl (C=O) groups is 3. The maximum Gasteiger partial charge on any atom is 0.283 e. The first-order chi connectivity index (χ1) is 15.8. The molecule has 1 heterocycles. The number of benzene rings is 3. The normalized spacial score (nSPS) is 13.5. The molecule has 0 unspecified atom stereocenters. The molecule has 3 amide bonds. The van der Waals surface area contributed by atoms with Gasteiger partial charge in [-0.05, 0) is 42.0 Å². The van der Waals surface area contributed by atoms with Crippen molar-refractivity contribution in [3.63, 3.8) is 0 Å². The van der Waals surface area contributed by atoms with Crippen LogP contribution >= 0.6 is 34.8 Å². The molecule has 0 atom stereocenters. The van der Waals surface area contributed by atoms with Gasteiger partial charge in [0.05, 0.1) is 10.7 Å². The molecule has 0 saturated heterocycles.